The molecule has 6 heteroatoms. The van der Waals surface area contributed by atoms with Crippen molar-refractivity contribution in [2.45, 2.75) is 0 Å². The van der Waals surface area contributed by atoms with Crippen LogP contribution in [0, 0.1) is 0 Å². The van der Waals surface area contributed by atoms with Gasteiger partial charge in [-0.05, 0) is 24.3 Å². The van der Waals surface area contributed by atoms with E-state index >= 15 is 0 Å². The number of benzene rings is 2. The number of nitrogens with zero attached hydrogens (tertiary/aromatic N) is 2. The van der Waals surface area contributed by atoms with E-state index in [1.54, 1.807) is 42.5 Å². The smallest absolute Gasteiger partial charge is 0.336 e. The number of carbonyl (C=O) groups is 1. The first-order valence-electron chi connectivity index (χ1n) is 6.08. The van der Waals surface area contributed by atoms with Crippen molar-refractivity contribution < 1.29 is 14.3 Å². The van der Waals surface area contributed by atoms with Crippen molar-refractivity contribution in [3.8, 4) is 22.9 Å². The van der Waals surface area contributed by atoms with Crippen LogP contribution in [0.1, 0.15) is 10.4 Å². The Morgan fingerprint density at radius 2 is 1.52 bits per heavy atom. The summed E-state index contributed by atoms with van der Waals surface area (Å²) in [6.07, 6.45) is 0. The first kappa shape index (κ1) is 13.3. The second-order valence-corrected chi connectivity index (χ2v) is 4.65. The Hall–Kier alpha value is -2.66. The van der Waals surface area contributed by atoms with Crippen molar-refractivity contribution in [1.82, 2.24) is 10.2 Å². The van der Waals surface area contributed by atoms with Crippen LogP contribution in [0.2, 0.25) is 5.02 Å². The molecule has 0 saturated carbocycles. The molecule has 3 rings (SSSR count). The summed E-state index contributed by atoms with van der Waals surface area (Å²) < 4.78 is 5.56. The summed E-state index contributed by atoms with van der Waals surface area (Å²) in [5.74, 6) is -0.665. The lowest BCUT2D eigenvalue weighted by Gasteiger charge is -2.00. The summed E-state index contributed by atoms with van der Waals surface area (Å²) in [7, 11) is 0. The zero-order valence-corrected chi connectivity index (χ0v) is 11.4. The van der Waals surface area contributed by atoms with Gasteiger partial charge in [0.25, 0.3) is 0 Å². The Balaban J connectivity index is 2.08. The number of carboxylic acids is 1. The molecule has 0 bridgehead atoms. The molecule has 0 saturated heterocycles. The van der Waals surface area contributed by atoms with Crippen molar-refractivity contribution in [3.05, 3.63) is 59.1 Å². The highest BCUT2D eigenvalue weighted by molar-refractivity contribution is 6.33. The Kier molecular flexibility index (Phi) is 3.41. The van der Waals surface area contributed by atoms with Crippen molar-refractivity contribution in [2.24, 2.45) is 0 Å². The third kappa shape index (κ3) is 2.51. The molecule has 0 fully saturated rings. The summed E-state index contributed by atoms with van der Waals surface area (Å²) in [5.41, 5.74) is 1.08. The molecule has 0 amide bonds. The first-order chi connectivity index (χ1) is 10.2. The minimum absolute atomic E-state index is 0.104. The highest BCUT2D eigenvalue weighted by atomic mass is 35.5. The summed E-state index contributed by atoms with van der Waals surface area (Å²) >= 11 is 6.07. The summed E-state index contributed by atoms with van der Waals surface area (Å²) in [5, 5.41) is 17.5. The maximum absolute atomic E-state index is 11.2. The summed E-state index contributed by atoms with van der Waals surface area (Å²) in [6, 6.07) is 13.5. The number of hydrogen-bond donors (Lipinski definition) is 1. The molecule has 0 unspecified atom stereocenters. The van der Waals surface area contributed by atoms with Gasteiger partial charge in [0.2, 0.25) is 11.8 Å². The number of aromatic nitrogens is 2. The van der Waals surface area contributed by atoms with Gasteiger partial charge in [-0.15, -0.1) is 10.2 Å². The minimum atomic E-state index is -1.05. The number of carboxylic acid groups (broad SMARTS) is 1. The Morgan fingerprint density at radius 1 is 0.952 bits per heavy atom. The van der Waals surface area contributed by atoms with Crippen LogP contribution >= 0.6 is 11.6 Å². The third-order valence-corrected chi connectivity index (χ3v) is 3.25. The molecule has 0 spiro atoms. The molecular weight excluding hydrogens is 292 g/mol. The highest BCUT2D eigenvalue weighted by Crippen LogP contribution is 2.30. The van der Waals surface area contributed by atoms with Crippen molar-refractivity contribution in [3.63, 3.8) is 0 Å². The molecule has 1 aromatic heterocycles. The summed E-state index contributed by atoms with van der Waals surface area (Å²) in [6.45, 7) is 0. The molecule has 5 nitrogen and oxygen atoms in total. The third-order valence-electron chi connectivity index (χ3n) is 2.92. The van der Waals surface area contributed by atoms with Gasteiger partial charge in [0.05, 0.1) is 21.7 Å². The standard InChI is InChI=1S/C15H9ClN2O3/c16-12-8-4-3-7-11(12)14-18-17-13(21-14)9-5-1-2-6-10(9)15(19)20/h1-8H,(H,19,20). The van der Waals surface area contributed by atoms with Gasteiger partial charge in [-0.25, -0.2) is 4.79 Å². The van der Waals surface area contributed by atoms with Crippen LogP contribution in [0.4, 0.5) is 0 Å². The van der Waals surface area contributed by atoms with Gasteiger partial charge in [-0.2, -0.15) is 0 Å². The lowest BCUT2D eigenvalue weighted by molar-refractivity contribution is 0.0697. The number of halogens is 1. The normalized spacial score (nSPS) is 10.5. The van der Waals surface area contributed by atoms with E-state index in [0.717, 1.165) is 0 Å². The van der Waals surface area contributed by atoms with Gasteiger partial charge < -0.3 is 9.52 Å². The van der Waals surface area contributed by atoms with Crippen LogP contribution < -0.4 is 0 Å². The number of rotatable bonds is 3. The first-order valence-corrected chi connectivity index (χ1v) is 6.45. The Morgan fingerprint density at radius 3 is 2.19 bits per heavy atom. The molecule has 0 radical (unpaired) electrons. The quantitative estimate of drug-likeness (QED) is 0.797. The predicted octanol–water partition coefficient (Wildman–Crippen LogP) is 3.76. The predicted molar refractivity (Wildman–Crippen MR) is 77.1 cm³/mol. The van der Waals surface area contributed by atoms with E-state index in [2.05, 4.69) is 10.2 Å². The van der Waals surface area contributed by atoms with Crippen molar-refractivity contribution >= 4 is 17.6 Å². The maximum atomic E-state index is 11.2. The fourth-order valence-corrected chi connectivity index (χ4v) is 2.15. The second-order valence-electron chi connectivity index (χ2n) is 4.24. The van der Waals surface area contributed by atoms with Crippen LogP contribution in [-0.2, 0) is 0 Å². The van der Waals surface area contributed by atoms with Gasteiger partial charge >= 0.3 is 5.97 Å². The lowest BCUT2D eigenvalue weighted by Crippen LogP contribution is -1.98. The minimum Gasteiger partial charge on any atom is -0.478 e. The van der Waals surface area contributed by atoms with E-state index in [9.17, 15) is 9.90 Å². The fraction of sp³-hybridized carbons (Fsp3) is 0. The highest BCUT2D eigenvalue weighted by Gasteiger charge is 2.17. The topological polar surface area (TPSA) is 76.2 Å². The van der Waals surface area contributed by atoms with Gasteiger partial charge in [0.15, 0.2) is 0 Å². The lowest BCUT2D eigenvalue weighted by atomic mass is 10.1. The second kappa shape index (κ2) is 5.38. The van der Waals surface area contributed by atoms with Crippen LogP contribution in [0.3, 0.4) is 0 Å². The van der Waals surface area contributed by atoms with Crippen LogP contribution in [-0.4, -0.2) is 21.3 Å². The van der Waals surface area contributed by atoms with Crippen molar-refractivity contribution in [2.75, 3.05) is 0 Å². The van der Waals surface area contributed by atoms with Gasteiger partial charge in [-0.3, -0.25) is 0 Å². The molecule has 1 N–H and O–H groups in total. The van der Waals surface area contributed by atoms with E-state index in [1.807, 2.05) is 0 Å². The molecule has 21 heavy (non-hydrogen) atoms. The molecule has 3 aromatic rings. The van der Waals surface area contributed by atoms with E-state index in [4.69, 9.17) is 16.0 Å². The largest absolute Gasteiger partial charge is 0.478 e. The number of hydrogen-bond acceptors (Lipinski definition) is 4. The van der Waals surface area contributed by atoms with Crippen LogP contribution in [0.25, 0.3) is 22.9 Å². The van der Waals surface area contributed by atoms with E-state index in [0.29, 0.717) is 16.1 Å². The molecule has 0 aliphatic rings. The SMILES string of the molecule is O=C(O)c1ccccc1-c1nnc(-c2ccccc2Cl)o1. The monoisotopic (exact) mass is 300 g/mol. The number of aromatic carboxylic acids is 1. The van der Waals surface area contributed by atoms with Crippen molar-refractivity contribution in [1.29, 1.82) is 0 Å². The molecule has 104 valence electrons. The van der Waals surface area contributed by atoms with Gasteiger partial charge in [-0.1, -0.05) is 35.9 Å². The zero-order chi connectivity index (χ0) is 14.8. The van der Waals surface area contributed by atoms with E-state index in [-0.39, 0.29) is 17.3 Å². The average Bonchev–Trinajstić information content (AvgIpc) is 2.97. The van der Waals surface area contributed by atoms with Gasteiger partial charge in [0.1, 0.15) is 0 Å². The van der Waals surface area contributed by atoms with Crippen LogP contribution in [0.5, 0.6) is 0 Å². The average molecular weight is 301 g/mol. The molecule has 0 atom stereocenters. The molecule has 0 aliphatic carbocycles. The Bertz CT molecular complexity index is 814. The van der Waals surface area contributed by atoms with E-state index < -0.39 is 5.97 Å². The zero-order valence-electron chi connectivity index (χ0n) is 10.7. The Labute approximate surface area is 124 Å². The fourth-order valence-electron chi connectivity index (χ4n) is 1.93. The van der Waals surface area contributed by atoms with E-state index in [1.165, 1.54) is 6.07 Å². The molecule has 1 heterocycles. The van der Waals surface area contributed by atoms with Gasteiger partial charge in [0, 0.05) is 0 Å². The maximum Gasteiger partial charge on any atom is 0.336 e. The molecule has 0 aliphatic heterocycles. The van der Waals surface area contributed by atoms with Crippen LogP contribution in [0.15, 0.2) is 52.9 Å². The molecule has 2 aromatic carbocycles. The molecular formula is C15H9ClN2O3. The summed E-state index contributed by atoms with van der Waals surface area (Å²) in [4.78, 5) is 11.2.